The van der Waals surface area contributed by atoms with Gasteiger partial charge >= 0.3 is 11.9 Å². The molecule has 15 nitrogen and oxygen atoms in total. The Balaban J connectivity index is 1.49. The molecule has 2 fully saturated rings. The average Bonchev–Trinajstić information content (AvgIpc) is 3.20. The molecule has 5 N–H and O–H groups in total. The third-order valence-corrected chi connectivity index (χ3v) is 10.5. The van der Waals surface area contributed by atoms with E-state index >= 15 is 0 Å². The molecule has 4 heterocycles. The van der Waals surface area contributed by atoms with Crippen molar-refractivity contribution in [2.45, 2.75) is 20.8 Å². The Labute approximate surface area is 219 Å². The number of hydrogen-bond donors (Lipinski definition) is 4. The van der Waals surface area contributed by atoms with Crippen molar-refractivity contribution in [3.05, 3.63) is 21.1 Å². The summed E-state index contributed by atoms with van der Waals surface area (Å²) in [6, 6.07) is 0. The number of carbonyl (C=O) groups is 5. The van der Waals surface area contributed by atoms with Crippen LogP contribution in [-0.4, -0.2) is 99.3 Å². The van der Waals surface area contributed by atoms with E-state index < -0.39 is 50.9 Å². The number of rotatable bonds is 9. The fourth-order valence-electron chi connectivity index (χ4n) is 3.51. The van der Waals surface area contributed by atoms with Gasteiger partial charge in [-0.2, -0.15) is 0 Å². The van der Waals surface area contributed by atoms with Crippen molar-refractivity contribution in [2.75, 3.05) is 18.6 Å². The number of methoxy groups -OCH3 is 1. The zero-order valence-electron chi connectivity index (χ0n) is 18.4. The molecular weight excluding hydrogens is 558 g/mol. The molecule has 3 aliphatic rings. The molecule has 2 saturated heterocycles. The molecule has 0 aliphatic carbocycles. The van der Waals surface area contributed by atoms with Gasteiger partial charge in [-0.3, -0.25) is 19.3 Å². The van der Waals surface area contributed by atoms with Crippen LogP contribution >= 0.6 is 47.0 Å². The second-order valence-electron chi connectivity index (χ2n) is 7.30. The molecule has 1 aromatic heterocycles. The van der Waals surface area contributed by atoms with E-state index in [1.807, 2.05) is 0 Å². The molecule has 2 atom stereocenters. The Bertz CT molecular complexity index is 1230. The predicted molar refractivity (Wildman–Crippen MR) is 128 cm³/mol. The van der Waals surface area contributed by atoms with Crippen LogP contribution in [0.15, 0.2) is 26.2 Å². The summed E-state index contributed by atoms with van der Waals surface area (Å²) in [7, 11) is 2.86. The molecule has 4 rings (SSSR count). The van der Waals surface area contributed by atoms with Crippen LogP contribution in [0.5, 0.6) is 0 Å². The van der Waals surface area contributed by atoms with E-state index in [1.165, 1.54) is 35.3 Å². The molecule has 0 spiro atoms. The van der Waals surface area contributed by atoms with E-state index in [4.69, 9.17) is 15.6 Å². The fraction of sp³-hybridized carbons (Fsp3) is 0.412. The Morgan fingerprint density at radius 2 is 2.00 bits per heavy atom. The van der Waals surface area contributed by atoms with E-state index in [-0.39, 0.29) is 21.4 Å². The number of nitrogens with one attached hydrogen (secondary N) is 1. The molecule has 0 aromatic carbocycles. The van der Waals surface area contributed by atoms with Gasteiger partial charge in [-0.05, 0) is 16.0 Å². The second kappa shape index (κ2) is 9.96. The molecule has 19 heteroatoms. The van der Waals surface area contributed by atoms with Gasteiger partial charge in [0.25, 0.3) is 17.5 Å². The first-order chi connectivity index (χ1) is 17.0. The molecule has 0 radical (unpaired) electrons. The zero-order valence-corrected chi connectivity index (χ0v) is 21.6. The molecule has 0 bridgehead atoms. The summed E-state index contributed by atoms with van der Waals surface area (Å²) < 4.78 is 6.05. The molecule has 3 aliphatic heterocycles. The number of amides is 3. The summed E-state index contributed by atoms with van der Waals surface area (Å²) in [4.78, 5) is 61.7. The first-order valence-corrected chi connectivity index (χ1v) is 13.5. The zero-order chi connectivity index (χ0) is 26.4. The van der Waals surface area contributed by atoms with Gasteiger partial charge < -0.3 is 26.0 Å². The second-order valence-corrected chi connectivity index (χ2v) is 12.1. The largest absolute Gasteiger partial charge is 0.477 e. The van der Waals surface area contributed by atoms with Gasteiger partial charge in [0.15, 0.2) is 0 Å². The lowest BCUT2D eigenvalue weighted by Crippen LogP contribution is -2.81. The number of tetrazole rings is 1. The number of nitrogens with two attached hydrogens (primary N) is 1. The number of aromatic nitrogens is 4. The van der Waals surface area contributed by atoms with Crippen LogP contribution < -0.4 is 11.1 Å². The van der Waals surface area contributed by atoms with Crippen molar-refractivity contribution >= 4 is 76.7 Å². The fourth-order valence-corrected chi connectivity index (χ4v) is 8.16. The number of β-lactam (4-membered cyclic amide) rings is 1. The normalized spacial score (nSPS) is 25.0. The number of aryl methyl sites for hydroxylation is 1. The first kappa shape index (κ1) is 26.3. The van der Waals surface area contributed by atoms with Gasteiger partial charge in [0.05, 0.1) is 4.24 Å². The highest BCUT2D eigenvalue weighted by Crippen LogP contribution is 2.53. The van der Waals surface area contributed by atoms with Crippen molar-refractivity contribution < 1.29 is 38.9 Å². The minimum absolute atomic E-state index is 0.0755. The quantitative estimate of drug-likeness (QED) is 0.0664. The summed E-state index contributed by atoms with van der Waals surface area (Å²) in [6.45, 7) is 0. The Morgan fingerprint density at radius 1 is 1.31 bits per heavy atom. The summed E-state index contributed by atoms with van der Waals surface area (Å²) in [5.41, 5.74) is 2.93. The van der Waals surface area contributed by atoms with E-state index in [2.05, 4.69) is 20.8 Å². The molecular formula is C17H17N7O8S4. The van der Waals surface area contributed by atoms with Gasteiger partial charge in [0.1, 0.15) is 21.2 Å². The van der Waals surface area contributed by atoms with Gasteiger partial charge in [0.2, 0.25) is 11.1 Å². The number of carbonyl (C=O) groups excluding carboxylic acids is 3. The van der Waals surface area contributed by atoms with Crippen LogP contribution in [0, 0.1) is 0 Å². The molecule has 1 unspecified atom stereocenters. The maximum Gasteiger partial charge on any atom is 0.352 e. The number of carboxylic acids is 2. The van der Waals surface area contributed by atoms with Crippen molar-refractivity contribution in [1.82, 2.24) is 30.4 Å². The number of fused-ring (bicyclic) bond motifs is 1. The molecule has 36 heavy (non-hydrogen) atoms. The third-order valence-electron chi connectivity index (χ3n) is 5.21. The lowest BCUT2D eigenvalue weighted by Gasteiger charge is -2.56. The number of hydrogen-bond acceptors (Lipinski definition) is 13. The maximum absolute atomic E-state index is 13.2. The van der Waals surface area contributed by atoms with E-state index in [1.54, 1.807) is 7.05 Å². The number of ether oxygens (including phenoxy) is 1. The van der Waals surface area contributed by atoms with Gasteiger partial charge in [-0.1, -0.05) is 35.3 Å². The average molecular weight is 576 g/mol. The van der Waals surface area contributed by atoms with E-state index in [0.717, 1.165) is 28.4 Å². The van der Waals surface area contributed by atoms with Crippen molar-refractivity contribution in [1.29, 1.82) is 0 Å². The van der Waals surface area contributed by atoms with Crippen molar-refractivity contribution in [2.24, 2.45) is 12.8 Å². The monoisotopic (exact) mass is 575 g/mol. The molecule has 1 aromatic rings. The lowest BCUT2D eigenvalue weighted by atomic mass is 9.98. The Morgan fingerprint density at radius 3 is 2.53 bits per heavy atom. The molecule has 192 valence electrons. The Hall–Kier alpha value is -2.74. The highest BCUT2D eigenvalue weighted by molar-refractivity contribution is 8.39. The van der Waals surface area contributed by atoms with Crippen LogP contribution in [0.1, 0.15) is 0 Å². The topological polar surface area (TPSA) is 220 Å². The van der Waals surface area contributed by atoms with Crippen LogP contribution in [0.25, 0.3) is 0 Å². The first-order valence-electron chi connectivity index (χ1n) is 9.75. The molecule has 3 amide bonds. The van der Waals surface area contributed by atoms with Crippen LogP contribution in [0.3, 0.4) is 0 Å². The van der Waals surface area contributed by atoms with Crippen molar-refractivity contribution in [3.8, 4) is 0 Å². The highest BCUT2D eigenvalue weighted by atomic mass is 32.3. The smallest absolute Gasteiger partial charge is 0.352 e. The minimum Gasteiger partial charge on any atom is -0.477 e. The van der Waals surface area contributed by atoms with Crippen molar-refractivity contribution in [3.63, 3.8) is 0 Å². The third kappa shape index (κ3) is 4.33. The highest BCUT2D eigenvalue weighted by Gasteiger charge is 2.67. The lowest BCUT2D eigenvalue weighted by molar-refractivity contribution is -0.192. The molecule has 0 saturated carbocycles. The predicted octanol–water partition coefficient (Wildman–Crippen LogP) is -1.40. The van der Waals surface area contributed by atoms with Crippen LogP contribution in [0.2, 0.25) is 0 Å². The summed E-state index contributed by atoms with van der Waals surface area (Å²) in [5, 5.41) is 32.2. The minimum atomic E-state index is -1.81. The number of primary amides is 1. The van der Waals surface area contributed by atoms with Crippen LogP contribution in [0.4, 0.5) is 0 Å². The summed E-state index contributed by atoms with van der Waals surface area (Å²) >= 11 is 4.06. The summed E-state index contributed by atoms with van der Waals surface area (Å²) in [5.74, 6) is -4.89. The maximum atomic E-state index is 13.2. The van der Waals surface area contributed by atoms with Gasteiger partial charge in [-0.15, -0.1) is 16.9 Å². The number of carboxylic acid groups (broad SMARTS) is 2. The summed E-state index contributed by atoms with van der Waals surface area (Å²) in [6.07, 6.45) is 0. The number of aliphatic carboxylic acids is 2. The number of thioether (sulfide) groups is 4. The van der Waals surface area contributed by atoms with Gasteiger partial charge in [-0.25, -0.2) is 14.3 Å². The number of nitrogens with zero attached hydrogens (tertiary/aromatic N) is 5. The standard InChI is InChI=1S/C17H17N7O8S4/c1-23-16(20-21-22-23)34-4-5-3-33-15-17(32-2,14(31)24(15)7(5)11(29)30)19-9(26)13-35-12(36-13)6(8(18)25)10(27)28/h13,15H,3-4H2,1-2H3,(H2,18,25)(H,19,26)(H,27,28)(H,29,30)/t13?,15-,17?/m1/s1. The van der Waals surface area contributed by atoms with E-state index in [9.17, 15) is 29.1 Å². The van der Waals surface area contributed by atoms with Gasteiger partial charge in [0, 0.05) is 25.7 Å². The van der Waals surface area contributed by atoms with Crippen LogP contribution in [-0.2, 0) is 35.8 Å². The Kier molecular flexibility index (Phi) is 7.28. The SMILES string of the molecule is COC1(NC(=O)C2SC(=C(C(N)=O)C(=O)O)S2)C(=O)N2C(C(=O)O)=C(CSc3nnnn3C)CS[C@@H]21. The van der Waals surface area contributed by atoms with E-state index in [0.29, 0.717) is 10.7 Å².